The van der Waals surface area contributed by atoms with E-state index in [0.29, 0.717) is 6.54 Å². The summed E-state index contributed by atoms with van der Waals surface area (Å²) in [5, 5.41) is 8.16. The van der Waals surface area contributed by atoms with Crippen molar-refractivity contribution in [1.82, 2.24) is 16.0 Å². The van der Waals surface area contributed by atoms with Gasteiger partial charge in [-0.05, 0) is 7.05 Å². The predicted molar refractivity (Wildman–Crippen MR) is 66.6 cm³/mol. The average Bonchev–Trinajstić information content (AvgIpc) is 2.13. The first-order valence-electron chi connectivity index (χ1n) is 5.07. The molecule has 0 aliphatic heterocycles. The molecule has 0 radical (unpaired) electrons. The molecule has 2 amide bonds. The summed E-state index contributed by atoms with van der Waals surface area (Å²) in [5.74, 6) is -0.283. The Hall–Kier alpha value is -0.810. The van der Waals surface area contributed by atoms with Crippen molar-refractivity contribution in [3.8, 4) is 0 Å². The number of likely N-dealkylation sites (N-methyl/N-ethyl adjacent to an activating group) is 1. The maximum absolute atomic E-state index is 11.4. The van der Waals surface area contributed by atoms with Crippen molar-refractivity contribution >= 4 is 24.2 Å². The highest BCUT2D eigenvalue weighted by atomic mass is 35.5. The Morgan fingerprint density at radius 1 is 1.06 bits per heavy atom. The van der Waals surface area contributed by atoms with Crippen LogP contribution in [0.15, 0.2) is 0 Å². The lowest BCUT2D eigenvalue weighted by Gasteiger charge is -2.17. The summed E-state index contributed by atoms with van der Waals surface area (Å²) in [5.41, 5.74) is -0.453. The molecule has 0 saturated carbocycles. The van der Waals surface area contributed by atoms with Gasteiger partial charge in [-0.25, -0.2) is 0 Å². The van der Waals surface area contributed by atoms with Gasteiger partial charge >= 0.3 is 0 Å². The summed E-state index contributed by atoms with van der Waals surface area (Å²) in [6.45, 7) is 6.75. The maximum atomic E-state index is 11.4. The summed E-state index contributed by atoms with van der Waals surface area (Å²) in [7, 11) is 1.81. The second kappa shape index (κ2) is 8.35. The minimum absolute atomic E-state index is 0. The first kappa shape index (κ1) is 17.6. The monoisotopic (exact) mass is 251 g/mol. The minimum Gasteiger partial charge on any atom is -0.353 e. The first-order valence-corrected chi connectivity index (χ1v) is 5.07. The van der Waals surface area contributed by atoms with Gasteiger partial charge in [-0.15, -0.1) is 12.4 Å². The van der Waals surface area contributed by atoms with Crippen LogP contribution in [0.4, 0.5) is 0 Å². The van der Waals surface area contributed by atoms with E-state index in [4.69, 9.17) is 0 Å². The van der Waals surface area contributed by atoms with E-state index in [1.165, 1.54) is 0 Å². The SMILES string of the molecule is CNCCNC(=O)CNC(=O)C(C)(C)C.Cl. The molecule has 0 aromatic rings. The smallest absolute Gasteiger partial charge is 0.239 e. The van der Waals surface area contributed by atoms with Crippen LogP contribution in [0.3, 0.4) is 0 Å². The Labute approximate surface area is 103 Å². The van der Waals surface area contributed by atoms with E-state index in [9.17, 15) is 9.59 Å². The number of rotatable bonds is 5. The molecule has 0 rings (SSSR count). The first-order chi connectivity index (χ1) is 6.88. The third-order valence-electron chi connectivity index (χ3n) is 1.79. The van der Waals surface area contributed by atoms with Gasteiger partial charge < -0.3 is 16.0 Å². The molecule has 0 unspecified atom stereocenters. The molecule has 0 aromatic carbocycles. The fraction of sp³-hybridized carbons (Fsp3) is 0.800. The standard InChI is InChI=1S/C10H21N3O2.ClH/c1-10(2,3)9(15)13-7-8(14)12-6-5-11-4;/h11H,5-7H2,1-4H3,(H,12,14)(H,13,15);1H. The van der Waals surface area contributed by atoms with Gasteiger partial charge in [0.1, 0.15) is 0 Å². The quantitative estimate of drug-likeness (QED) is 0.598. The van der Waals surface area contributed by atoms with Gasteiger partial charge in [-0.2, -0.15) is 0 Å². The van der Waals surface area contributed by atoms with Crippen molar-refractivity contribution in [2.75, 3.05) is 26.7 Å². The molecule has 5 nitrogen and oxygen atoms in total. The Morgan fingerprint density at radius 3 is 2.06 bits per heavy atom. The van der Waals surface area contributed by atoms with Crippen LogP contribution in [0.1, 0.15) is 20.8 Å². The second-order valence-electron chi connectivity index (χ2n) is 4.39. The van der Waals surface area contributed by atoms with Crippen molar-refractivity contribution in [2.45, 2.75) is 20.8 Å². The molecular weight excluding hydrogens is 230 g/mol. The molecule has 0 aliphatic carbocycles. The van der Waals surface area contributed by atoms with Gasteiger partial charge in [0.25, 0.3) is 0 Å². The predicted octanol–water partition coefficient (Wildman–Crippen LogP) is -0.0939. The number of hydrogen-bond donors (Lipinski definition) is 3. The van der Waals surface area contributed by atoms with Crippen LogP contribution in [0.25, 0.3) is 0 Å². The van der Waals surface area contributed by atoms with E-state index >= 15 is 0 Å². The molecule has 0 heterocycles. The topological polar surface area (TPSA) is 70.2 Å². The fourth-order valence-corrected chi connectivity index (χ4v) is 0.815. The van der Waals surface area contributed by atoms with Crippen LogP contribution in [0.2, 0.25) is 0 Å². The van der Waals surface area contributed by atoms with E-state index < -0.39 is 5.41 Å². The van der Waals surface area contributed by atoms with Crippen molar-refractivity contribution in [3.63, 3.8) is 0 Å². The Bertz CT molecular complexity index is 227. The zero-order valence-corrected chi connectivity index (χ0v) is 11.2. The molecule has 0 saturated heterocycles. The molecule has 0 atom stereocenters. The number of carbonyl (C=O) groups is 2. The molecule has 0 fully saturated rings. The van der Waals surface area contributed by atoms with Crippen molar-refractivity contribution in [1.29, 1.82) is 0 Å². The summed E-state index contributed by atoms with van der Waals surface area (Å²) in [6.07, 6.45) is 0. The summed E-state index contributed by atoms with van der Waals surface area (Å²) < 4.78 is 0. The third-order valence-corrected chi connectivity index (χ3v) is 1.79. The van der Waals surface area contributed by atoms with Crippen LogP contribution in [-0.2, 0) is 9.59 Å². The lowest BCUT2D eigenvalue weighted by molar-refractivity contribution is -0.131. The van der Waals surface area contributed by atoms with Gasteiger partial charge in [-0.3, -0.25) is 9.59 Å². The molecule has 16 heavy (non-hydrogen) atoms. The van der Waals surface area contributed by atoms with Crippen LogP contribution < -0.4 is 16.0 Å². The molecule has 0 bridgehead atoms. The Morgan fingerprint density at radius 2 is 1.62 bits per heavy atom. The zero-order valence-electron chi connectivity index (χ0n) is 10.3. The summed E-state index contributed by atoms with van der Waals surface area (Å²) in [4.78, 5) is 22.6. The van der Waals surface area contributed by atoms with Gasteiger partial charge in [0, 0.05) is 18.5 Å². The highest BCUT2D eigenvalue weighted by Crippen LogP contribution is 2.11. The van der Waals surface area contributed by atoms with E-state index in [0.717, 1.165) is 6.54 Å². The van der Waals surface area contributed by atoms with E-state index in [2.05, 4.69) is 16.0 Å². The largest absolute Gasteiger partial charge is 0.353 e. The Kier molecular flexibility index (Phi) is 9.18. The highest BCUT2D eigenvalue weighted by molar-refractivity contribution is 5.87. The van der Waals surface area contributed by atoms with Gasteiger partial charge in [0.2, 0.25) is 11.8 Å². The maximum Gasteiger partial charge on any atom is 0.239 e. The third kappa shape index (κ3) is 8.49. The summed E-state index contributed by atoms with van der Waals surface area (Å²) >= 11 is 0. The molecule has 0 aliphatic rings. The second-order valence-corrected chi connectivity index (χ2v) is 4.39. The molecular formula is C10H22ClN3O2. The van der Waals surface area contributed by atoms with Crippen LogP contribution in [-0.4, -0.2) is 38.5 Å². The molecule has 3 N–H and O–H groups in total. The summed E-state index contributed by atoms with van der Waals surface area (Å²) in [6, 6.07) is 0. The van der Waals surface area contributed by atoms with Crippen molar-refractivity contribution < 1.29 is 9.59 Å². The molecule has 96 valence electrons. The van der Waals surface area contributed by atoms with Gasteiger partial charge in [0.15, 0.2) is 0 Å². The van der Waals surface area contributed by atoms with Crippen LogP contribution in [0.5, 0.6) is 0 Å². The zero-order chi connectivity index (χ0) is 11.9. The van der Waals surface area contributed by atoms with Gasteiger partial charge in [0.05, 0.1) is 6.54 Å². The number of halogens is 1. The number of hydrogen-bond acceptors (Lipinski definition) is 3. The van der Waals surface area contributed by atoms with E-state index in [1.807, 2.05) is 7.05 Å². The van der Waals surface area contributed by atoms with Crippen molar-refractivity contribution in [3.05, 3.63) is 0 Å². The van der Waals surface area contributed by atoms with Crippen molar-refractivity contribution in [2.24, 2.45) is 5.41 Å². The number of carbonyl (C=O) groups excluding carboxylic acids is 2. The van der Waals surface area contributed by atoms with E-state index in [-0.39, 0.29) is 30.8 Å². The number of nitrogens with one attached hydrogen (secondary N) is 3. The number of amides is 2. The molecule has 0 aromatic heterocycles. The fourth-order valence-electron chi connectivity index (χ4n) is 0.815. The van der Waals surface area contributed by atoms with Crippen LogP contribution in [0, 0.1) is 5.41 Å². The molecule has 0 spiro atoms. The van der Waals surface area contributed by atoms with Gasteiger partial charge in [-0.1, -0.05) is 20.8 Å². The lowest BCUT2D eigenvalue weighted by atomic mass is 9.96. The molecule has 6 heteroatoms. The average molecular weight is 252 g/mol. The van der Waals surface area contributed by atoms with Crippen LogP contribution >= 0.6 is 12.4 Å². The van der Waals surface area contributed by atoms with E-state index in [1.54, 1.807) is 20.8 Å². The Balaban J connectivity index is 0. The highest BCUT2D eigenvalue weighted by Gasteiger charge is 2.21. The normalized spacial score (nSPS) is 10.2. The lowest BCUT2D eigenvalue weighted by Crippen LogP contribution is -2.42. The minimum atomic E-state index is -0.453.